The van der Waals surface area contributed by atoms with Crippen molar-refractivity contribution in [1.29, 1.82) is 0 Å². The number of ether oxygens (including phenoxy) is 1. The standard InChI is InChI=1S/C12H15NO2.ClH/c13-11(7-14)6-9-5-10-3-1-2-4-12(10)15-8-9;/h1-5,11,14H,6-8,13H2;1H. The Labute approximate surface area is 101 Å². The van der Waals surface area contributed by atoms with Gasteiger partial charge in [-0.25, -0.2) is 0 Å². The Kier molecular flexibility index (Phi) is 4.80. The maximum atomic E-state index is 8.87. The van der Waals surface area contributed by atoms with Crippen LogP contribution in [-0.2, 0) is 0 Å². The number of para-hydroxylation sites is 1. The normalized spacial score (nSPS) is 15.2. The second-order valence-electron chi connectivity index (χ2n) is 3.78. The van der Waals surface area contributed by atoms with Crippen LogP contribution >= 0.6 is 12.4 Å². The molecular formula is C12H16ClNO2. The first kappa shape index (κ1) is 13.0. The number of hydrogen-bond acceptors (Lipinski definition) is 3. The van der Waals surface area contributed by atoms with Crippen LogP contribution in [0, 0.1) is 0 Å². The van der Waals surface area contributed by atoms with Crippen molar-refractivity contribution >= 4 is 18.5 Å². The van der Waals surface area contributed by atoms with Gasteiger partial charge in [-0.3, -0.25) is 0 Å². The zero-order chi connectivity index (χ0) is 10.7. The lowest BCUT2D eigenvalue weighted by molar-refractivity contribution is 0.260. The van der Waals surface area contributed by atoms with Gasteiger partial charge in [0.2, 0.25) is 0 Å². The minimum absolute atomic E-state index is 0. The molecule has 1 aliphatic rings. The van der Waals surface area contributed by atoms with E-state index in [0.29, 0.717) is 13.0 Å². The van der Waals surface area contributed by atoms with Crippen LogP contribution in [0.3, 0.4) is 0 Å². The van der Waals surface area contributed by atoms with E-state index in [0.717, 1.165) is 16.9 Å². The predicted molar refractivity (Wildman–Crippen MR) is 66.8 cm³/mol. The predicted octanol–water partition coefficient (Wildman–Crippen LogP) is 1.59. The molecule has 0 radical (unpaired) electrons. The Morgan fingerprint density at radius 2 is 2.12 bits per heavy atom. The molecule has 88 valence electrons. The molecule has 2 rings (SSSR count). The van der Waals surface area contributed by atoms with Gasteiger partial charge in [0, 0.05) is 11.6 Å². The van der Waals surface area contributed by atoms with Crippen molar-refractivity contribution < 1.29 is 9.84 Å². The summed E-state index contributed by atoms with van der Waals surface area (Å²) >= 11 is 0. The van der Waals surface area contributed by atoms with Gasteiger partial charge in [-0.05, 0) is 24.1 Å². The third kappa shape index (κ3) is 2.98. The van der Waals surface area contributed by atoms with Crippen molar-refractivity contribution in [2.75, 3.05) is 13.2 Å². The third-order valence-corrected chi connectivity index (χ3v) is 2.45. The zero-order valence-electron chi connectivity index (χ0n) is 8.93. The maximum Gasteiger partial charge on any atom is 0.127 e. The quantitative estimate of drug-likeness (QED) is 0.845. The molecule has 3 nitrogen and oxygen atoms in total. The summed E-state index contributed by atoms with van der Waals surface area (Å²) in [5, 5.41) is 8.87. The number of benzene rings is 1. The molecule has 0 amide bonds. The first-order chi connectivity index (χ1) is 7.29. The fraction of sp³-hybridized carbons (Fsp3) is 0.333. The lowest BCUT2D eigenvalue weighted by Gasteiger charge is -2.19. The molecule has 1 aromatic carbocycles. The van der Waals surface area contributed by atoms with Gasteiger partial charge in [0.25, 0.3) is 0 Å². The average Bonchev–Trinajstić information content (AvgIpc) is 2.29. The van der Waals surface area contributed by atoms with E-state index in [4.69, 9.17) is 15.6 Å². The van der Waals surface area contributed by atoms with Crippen molar-refractivity contribution in [3.05, 3.63) is 35.4 Å². The smallest absolute Gasteiger partial charge is 0.127 e. The Morgan fingerprint density at radius 1 is 1.38 bits per heavy atom. The molecule has 1 atom stereocenters. The fourth-order valence-electron chi connectivity index (χ4n) is 1.68. The highest BCUT2D eigenvalue weighted by Gasteiger charge is 2.12. The third-order valence-electron chi connectivity index (χ3n) is 2.45. The molecule has 0 saturated heterocycles. The molecule has 0 saturated carbocycles. The van der Waals surface area contributed by atoms with Crippen LogP contribution in [0.1, 0.15) is 12.0 Å². The Bertz CT molecular complexity index is 379. The number of aliphatic hydroxyl groups is 1. The second-order valence-corrected chi connectivity index (χ2v) is 3.78. The van der Waals surface area contributed by atoms with Gasteiger partial charge >= 0.3 is 0 Å². The highest BCUT2D eigenvalue weighted by atomic mass is 35.5. The summed E-state index contributed by atoms with van der Waals surface area (Å²) in [5.41, 5.74) is 7.90. The van der Waals surface area contributed by atoms with E-state index in [1.54, 1.807) is 0 Å². The molecule has 0 aromatic heterocycles. The van der Waals surface area contributed by atoms with Crippen LogP contribution in [0.15, 0.2) is 29.8 Å². The Balaban J connectivity index is 0.00000128. The molecule has 4 heteroatoms. The van der Waals surface area contributed by atoms with Crippen molar-refractivity contribution in [2.24, 2.45) is 5.73 Å². The summed E-state index contributed by atoms with van der Waals surface area (Å²) < 4.78 is 5.58. The molecule has 1 unspecified atom stereocenters. The first-order valence-electron chi connectivity index (χ1n) is 5.07. The molecule has 1 heterocycles. The summed E-state index contributed by atoms with van der Waals surface area (Å²) in [4.78, 5) is 0. The fourth-order valence-corrected chi connectivity index (χ4v) is 1.68. The van der Waals surface area contributed by atoms with E-state index in [2.05, 4.69) is 6.08 Å². The highest BCUT2D eigenvalue weighted by Crippen LogP contribution is 2.26. The monoisotopic (exact) mass is 241 g/mol. The summed E-state index contributed by atoms with van der Waals surface area (Å²) in [6.45, 7) is 0.587. The summed E-state index contributed by atoms with van der Waals surface area (Å²) in [6.07, 6.45) is 2.78. The molecule has 0 spiro atoms. The molecular weight excluding hydrogens is 226 g/mol. The number of aliphatic hydroxyl groups excluding tert-OH is 1. The van der Waals surface area contributed by atoms with Gasteiger partial charge in [-0.15, -0.1) is 12.4 Å². The van der Waals surface area contributed by atoms with Gasteiger partial charge in [0.1, 0.15) is 12.4 Å². The molecule has 3 N–H and O–H groups in total. The lowest BCUT2D eigenvalue weighted by atomic mass is 10.0. The van der Waals surface area contributed by atoms with E-state index >= 15 is 0 Å². The van der Waals surface area contributed by atoms with E-state index < -0.39 is 0 Å². The van der Waals surface area contributed by atoms with Crippen LogP contribution < -0.4 is 10.5 Å². The van der Waals surface area contributed by atoms with Crippen LogP contribution in [0.4, 0.5) is 0 Å². The summed E-state index contributed by atoms with van der Waals surface area (Å²) in [7, 11) is 0. The van der Waals surface area contributed by atoms with Crippen molar-refractivity contribution in [3.63, 3.8) is 0 Å². The average molecular weight is 242 g/mol. The first-order valence-corrected chi connectivity index (χ1v) is 5.07. The minimum atomic E-state index is -0.190. The van der Waals surface area contributed by atoms with Crippen molar-refractivity contribution in [2.45, 2.75) is 12.5 Å². The maximum absolute atomic E-state index is 8.87. The number of halogens is 1. The van der Waals surface area contributed by atoms with Gasteiger partial charge in [0.15, 0.2) is 0 Å². The zero-order valence-corrected chi connectivity index (χ0v) is 9.74. The van der Waals surface area contributed by atoms with E-state index in [9.17, 15) is 0 Å². The summed E-state index contributed by atoms with van der Waals surface area (Å²) in [6, 6.07) is 7.71. The Morgan fingerprint density at radius 3 is 2.88 bits per heavy atom. The van der Waals surface area contributed by atoms with E-state index in [1.807, 2.05) is 24.3 Å². The molecule has 1 aliphatic heterocycles. The molecule has 0 fully saturated rings. The highest BCUT2D eigenvalue weighted by molar-refractivity contribution is 5.85. The minimum Gasteiger partial charge on any atom is -0.489 e. The number of nitrogens with two attached hydrogens (primary N) is 1. The van der Waals surface area contributed by atoms with Crippen LogP contribution in [0.25, 0.3) is 6.08 Å². The van der Waals surface area contributed by atoms with Crippen molar-refractivity contribution in [3.8, 4) is 5.75 Å². The number of hydrogen-bond donors (Lipinski definition) is 2. The second kappa shape index (κ2) is 5.89. The molecule has 16 heavy (non-hydrogen) atoms. The molecule has 0 aliphatic carbocycles. The van der Waals surface area contributed by atoms with Gasteiger partial charge < -0.3 is 15.6 Å². The van der Waals surface area contributed by atoms with E-state index in [1.165, 1.54) is 0 Å². The van der Waals surface area contributed by atoms with Crippen LogP contribution in [0.5, 0.6) is 5.75 Å². The van der Waals surface area contributed by atoms with Crippen molar-refractivity contribution in [1.82, 2.24) is 0 Å². The largest absolute Gasteiger partial charge is 0.489 e. The number of fused-ring (bicyclic) bond motifs is 1. The van der Waals surface area contributed by atoms with Crippen LogP contribution in [0.2, 0.25) is 0 Å². The number of rotatable bonds is 3. The van der Waals surface area contributed by atoms with Gasteiger partial charge in [-0.1, -0.05) is 18.2 Å². The lowest BCUT2D eigenvalue weighted by Crippen LogP contribution is -2.26. The Hall–Kier alpha value is -1.03. The topological polar surface area (TPSA) is 55.5 Å². The molecule has 0 bridgehead atoms. The van der Waals surface area contributed by atoms with Gasteiger partial charge in [-0.2, -0.15) is 0 Å². The molecule has 1 aromatic rings. The summed E-state index contributed by atoms with van der Waals surface area (Å²) in [5.74, 6) is 0.916. The van der Waals surface area contributed by atoms with E-state index in [-0.39, 0.29) is 25.1 Å². The van der Waals surface area contributed by atoms with Crippen LogP contribution in [-0.4, -0.2) is 24.4 Å². The van der Waals surface area contributed by atoms with Gasteiger partial charge in [0.05, 0.1) is 6.61 Å². The SMILES string of the molecule is Cl.NC(CO)CC1=Cc2ccccc2OC1.